The van der Waals surface area contributed by atoms with E-state index in [9.17, 15) is 17.6 Å². The zero-order valence-electron chi connectivity index (χ0n) is 15.7. The van der Waals surface area contributed by atoms with Gasteiger partial charge in [-0.05, 0) is 49.4 Å². The number of nitrogens with two attached hydrogens (primary N) is 1. The first-order chi connectivity index (χ1) is 13.7. The van der Waals surface area contributed by atoms with Gasteiger partial charge in [-0.2, -0.15) is 13.2 Å². The van der Waals surface area contributed by atoms with Gasteiger partial charge in [0, 0.05) is 29.6 Å². The van der Waals surface area contributed by atoms with Crippen molar-refractivity contribution in [3.8, 4) is 0 Å². The van der Waals surface area contributed by atoms with Gasteiger partial charge in [0.1, 0.15) is 11.6 Å². The van der Waals surface area contributed by atoms with Gasteiger partial charge >= 0.3 is 6.18 Å². The number of nitrogens with zero attached hydrogens (tertiary/aromatic N) is 4. The molecule has 0 spiro atoms. The Morgan fingerprint density at radius 1 is 1.21 bits per heavy atom. The van der Waals surface area contributed by atoms with Crippen LogP contribution < -0.4 is 5.73 Å². The Balaban J connectivity index is 1.47. The number of hydrogen-bond donors (Lipinski definition) is 1. The van der Waals surface area contributed by atoms with Crippen LogP contribution in [0, 0.1) is 5.82 Å². The van der Waals surface area contributed by atoms with E-state index in [0.717, 1.165) is 12.8 Å². The molecule has 2 heterocycles. The topological polar surface area (TPSA) is 60.0 Å². The first kappa shape index (κ1) is 20.6. The molecule has 158 valence electrons. The Bertz CT molecular complexity index is 889. The van der Waals surface area contributed by atoms with Crippen molar-refractivity contribution < 1.29 is 17.6 Å². The summed E-state index contributed by atoms with van der Waals surface area (Å²) in [7, 11) is 0. The highest BCUT2D eigenvalue weighted by Crippen LogP contribution is 2.42. The van der Waals surface area contributed by atoms with E-state index in [4.69, 9.17) is 17.3 Å². The van der Waals surface area contributed by atoms with Crippen LogP contribution in [0.25, 0.3) is 0 Å². The molecule has 0 radical (unpaired) electrons. The fourth-order valence-electron chi connectivity index (χ4n) is 4.59. The van der Waals surface area contributed by atoms with E-state index in [1.54, 1.807) is 6.07 Å². The highest BCUT2D eigenvalue weighted by atomic mass is 35.5. The van der Waals surface area contributed by atoms with Crippen molar-refractivity contribution in [2.45, 2.75) is 56.4 Å². The molecule has 0 unspecified atom stereocenters. The summed E-state index contributed by atoms with van der Waals surface area (Å²) in [6.07, 6.45) is -1.58. The van der Waals surface area contributed by atoms with Crippen LogP contribution in [-0.2, 0) is 24.7 Å². The molecule has 1 aromatic carbocycles. The number of rotatable bonds is 3. The van der Waals surface area contributed by atoms with Crippen molar-refractivity contribution in [2.24, 2.45) is 5.73 Å². The monoisotopic (exact) mass is 431 g/mol. The number of benzene rings is 1. The Kier molecular flexibility index (Phi) is 5.33. The van der Waals surface area contributed by atoms with Gasteiger partial charge < -0.3 is 5.73 Å². The zero-order valence-corrected chi connectivity index (χ0v) is 16.5. The van der Waals surface area contributed by atoms with Crippen molar-refractivity contribution in [1.29, 1.82) is 0 Å². The summed E-state index contributed by atoms with van der Waals surface area (Å²) in [6, 6.07) is 4.75. The molecule has 0 amide bonds. The summed E-state index contributed by atoms with van der Waals surface area (Å²) < 4.78 is 54.4. The predicted molar refractivity (Wildman–Crippen MR) is 99.8 cm³/mol. The third-order valence-electron chi connectivity index (χ3n) is 6.26. The lowest BCUT2D eigenvalue weighted by Gasteiger charge is -2.44. The Hall–Kier alpha value is -1.71. The van der Waals surface area contributed by atoms with Gasteiger partial charge in [-0.3, -0.25) is 4.90 Å². The van der Waals surface area contributed by atoms with Gasteiger partial charge in [-0.25, -0.2) is 14.1 Å². The van der Waals surface area contributed by atoms with Crippen molar-refractivity contribution in [3.05, 3.63) is 46.3 Å². The van der Waals surface area contributed by atoms with E-state index in [1.807, 2.05) is 0 Å². The van der Waals surface area contributed by atoms with Crippen molar-refractivity contribution >= 4 is 11.6 Å². The molecule has 29 heavy (non-hydrogen) atoms. The van der Waals surface area contributed by atoms with E-state index in [2.05, 4.69) is 15.0 Å². The summed E-state index contributed by atoms with van der Waals surface area (Å²) >= 11 is 6.08. The minimum atomic E-state index is -4.54. The van der Waals surface area contributed by atoms with E-state index in [1.165, 1.54) is 16.8 Å². The van der Waals surface area contributed by atoms with E-state index < -0.39 is 17.4 Å². The molecule has 1 saturated carbocycles. The van der Waals surface area contributed by atoms with Crippen molar-refractivity contribution in [2.75, 3.05) is 13.1 Å². The van der Waals surface area contributed by atoms with Gasteiger partial charge in [0.05, 0.1) is 13.1 Å². The highest BCUT2D eigenvalue weighted by Gasteiger charge is 2.41. The normalized spacial score (nSPS) is 25.8. The van der Waals surface area contributed by atoms with Gasteiger partial charge in [0.25, 0.3) is 5.82 Å². The standard InChI is InChI=1S/C19H22ClF4N5/c20-12-1-2-15(21)14(9-12)18(11-25)5-3-13(4-6-18)28-7-8-29-16(10-28)26-17(27-29)19(22,23)24/h1-2,9,13H,3-8,10-11,25H2. The zero-order chi connectivity index (χ0) is 20.8. The minimum absolute atomic E-state index is 0.191. The van der Waals surface area contributed by atoms with E-state index >= 15 is 0 Å². The second-order valence-corrected chi connectivity index (χ2v) is 8.32. The first-order valence-corrected chi connectivity index (χ1v) is 10.0. The number of alkyl halides is 3. The van der Waals surface area contributed by atoms with Crippen LogP contribution in [-0.4, -0.2) is 38.8 Å². The van der Waals surface area contributed by atoms with Gasteiger partial charge in [-0.15, -0.1) is 5.10 Å². The second-order valence-electron chi connectivity index (χ2n) is 7.88. The summed E-state index contributed by atoms with van der Waals surface area (Å²) in [5.74, 6) is -1.05. The summed E-state index contributed by atoms with van der Waals surface area (Å²) in [4.78, 5) is 5.83. The molecule has 5 nitrogen and oxygen atoms in total. The Morgan fingerprint density at radius 3 is 2.59 bits per heavy atom. The van der Waals surface area contributed by atoms with Crippen molar-refractivity contribution in [3.63, 3.8) is 0 Å². The van der Waals surface area contributed by atoms with Gasteiger partial charge in [-0.1, -0.05) is 11.6 Å². The molecule has 10 heteroatoms. The van der Waals surface area contributed by atoms with Crippen LogP contribution in [0.1, 0.15) is 42.9 Å². The molecule has 0 atom stereocenters. The lowest BCUT2D eigenvalue weighted by atomic mass is 9.67. The highest BCUT2D eigenvalue weighted by molar-refractivity contribution is 6.30. The van der Waals surface area contributed by atoms with Crippen LogP contribution in [0.4, 0.5) is 17.6 Å². The third kappa shape index (κ3) is 3.87. The fourth-order valence-corrected chi connectivity index (χ4v) is 4.77. The summed E-state index contributed by atoms with van der Waals surface area (Å²) in [5.41, 5.74) is 6.16. The molecule has 2 aromatic rings. The molecule has 0 saturated heterocycles. The van der Waals surface area contributed by atoms with Crippen LogP contribution in [0.2, 0.25) is 5.02 Å². The average molecular weight is 432 g/mol. The number of hydrogen-bond acceptors (Lipinski definition) is 4. The predicted octanol–water partition coefficient (Wildman–Crippen LogP) is 3.74. The lowest BCUT2D eigenvalue weighted by molar-refractivity contribution is -0.145. The second kappa shape index (κ2) is 7.52. The molecular formula is C19H22ClF4N5. The molecule has 1 aliphatic carbocycles. The maximum absolute atomic E-state index is 14.5. The number of fused-ring (bicyclic) bond motifs is 1. The first-order valence-electron chi connectivity index (χ1n) is 9.62. The van der Waals surface area contributed by atoms with E-state index in [0.29, 0.717) is 55.4 Å². The quantitative estimate of drug-likeness (QED) is 0.752. The summed E-state index contributed by atoms with van der Waals surface area (Å²) in [6.45, 7) is 1.63. The smallest absolute Gasteiger partial charge is 0.330 e. The molecule has 1 aromatic heterocycles. The molecule has 0 bridgehead atoms. The van der Waals surface area contributed by atoms with Gasteiger partial charge in [0.2, 0.25) is 0 Å². The third-order valence-corrected chi connectivity index (χ3v) is 6.50. The number of halogens is 5. The van der Waals surface area contributed by atoms with Crippen molar-refractivity contribution in [1.82, 2.24) is 19.7 Å². The van der Waals surface area contributed by atoms with Crippen LogP contribution in [0.3, 0.4) is 0 Å². The summed E-state index contributed by atoms with van der Waals surface area (Å²) in [5, 5.41) is 4.06. The van der Waals surface area contributed by atoms with Crippen LogP contribution in [0.5, 0.6) is 0 Å². The molecule has 1 fully saturated rings. The maximum Gasteiger partial charge on any atom is 0.453 e. The minimum Gasteiger partial charge on any atom is -0.330 e. The van der Waals surface area contributed by atoms with E-state index in [-0.39, 0.29) is 11.9 Å². The largest absolute Gasteiger partial charge is 0.453 e. The molecule has 2 aliphatic rings. The molecule has 1 aliphatic heterocycles. The Morgan fingerprint density at radius 2 is 1.93 bits per heavy atom. The van der Waals surface area contributed by atoms with Gasteiger partial charge in [0.15, 0.2) is 0 Å². The average Bonchev–Trinajstić information content (AvgIpc) is 3.14. The fraction of sp³-hybridized carbons (Fsp3) is 0.579. The maximum atomic E-state index is 14.5. The Labute approximate surface area is 170 Å². The lowest BCUT2D eigenvalue weighted by Crippen LogP contribution is -2.48. The van der Waals surface area contributed by atoms with Crippen LogP contribution in [0.15, 0.2) is 18.2 Å². The SMILES string of the molecule is NCC1(c2cc(Cl)ccc2F)CCC(N2CCn3nc(C(F)(F)F)nc3C2)CC1. The molecule has 4 rings (SSSR count). The molecule has 2 N–H and O–H groups in total. The number of aromatic nitrogens is 3. The van der Waals surface area contributed by atoms with Crippen LogP contribution >= 0.6 is 11.6 Å². The molecular weight excluding hydrogens is 410 g/mol.